The van der Waals surface area contributed by atoms with Crippen molar-refractivity contribution < 1.29 is 19.0 Å². The Morgan fingerprint density at radius 3 is 2.53 bits per heavy atom. The van der Waals surface area contributed by atoms with Gasteiger partial charge in [-0.25, -0.2) is 0 Å². The molecule has 0 saturated carbocycles. The van der Waals surface area contributed by atoms with Crippen LogP contribution in [0.4, 0.5) is 17.1 Å². The number of thioether (sulfide) groups is 1. The van der Waals surface area contributed by atoms with Gasteiger partial charge >= 0.3 is 5.69 Å². The zero-order valence-electron chi connectivity index (χ0n) is 21.3. The lowest BCUT2D eigenvalue weighted by Crippen LogP contribution is -2.63. The molecule has 0 bridgehead atoms. The van der Waals surface area contributed by atoms with Gasteiger partial charge in [0, 0.05) is 48.7 Å². The first kappa shape index (κ1) is 23.4. The number of likely N-dealkylation sites (N-methyl/N-ethyl adjacent to an activating group) is 2. The molecule has 11 heteroatoms. The second kappa shape index (κ2) is 7.45. The van der Waals surface area contributed by atoms with Gasteiger partial charge in [-0.15, -0.1) is 11.8 Å². The molecule has 4 aliphatic heterocycles. The number of nitro groups is 1. The average Bonchev–Trinajstić information content (AvgIpc) is 3.66. The molecule has 10 nitrogen and oxygen atoms in total. The van der Waals surface area contributed by atoms with Gasteiger partial charge in [-0.1, -0.05) is 41.1 Å². The summed E-state index contributed by atoms with van der Waals surface area (Å²) in [4.78, 5) is 46.9. The standard InChI is InChI=1S/C27H25N5O5S/c1-14-9-10-19-17(11-14)27(25(34)30(19)4)26(16-7-5-6-8-18(16)29(3)24(26)33)21(20-12-38-13-31(20)27)23-22(32(35)36)15(2)28-37-23/h5-11,20-21H,12-13H2,1-4H3/t20?,21-,26+,27+/m0/s1. The molecule has 2 spiro atoms. The van der Waals surface area contributed by atoms with Crippen molar-refractivity contribution in [2.24, 2.45) is 0 Å². The predicted molar refractivity (Wildman–Crippen MR) is 141 cm³/mol. The first-order valence-electron chi connectivity index (χ1n) is 12.4. The number of nitrogens with zero attached hydrogens (tertiary/aromatic N) is 5. The summed E-state index contributed by atoms with van der Waals surface area (Å²) in [5.41, 5.74) is 0.795. The van der Waals surface area contributed by atoms with Gasteiger partial charge in [-0.3, -0.25) is 24.6 Å². The van der Waals surface area contributed by atoms with Crippen LogP contribution in [0.1, 0.15) is 34.1 Å². The Hall–Kier alpha value is -3.70. The van der Waals surface area contributed by atoms with Crippen molar-refractivity contribution in [3.63, 3.8) is 0 Å². The molecule has 194 valence electrons. The Balaban J connectivity index is 1.68. The number of carbonyl (C=O) groups is 2. The van der Waals surface area contributed by atoms with Crippen LogP contribution in [0.5, 0.6) is 0 Å². The van der Waals surface area contributed by atoms with E-state index in [2.05, 4.69) is 10.1 Å². The minimum atomic E-state index is -1.51. The van der Waals surface area contributed by atoms with Crippen LogP contribution < -0.4 is 9.80 Å². The lowest BCUT2D eigenvalue weighted by atomic mass is 9.58. The number of rotatable bonds is 2. The molecule has 2 fully saturated rings. The third kappa shape index (κ3) is 2.34. The quantitative estimate of drug-likeness (QED) is 0.365. The number of amides is 2. The maximum absolute atomic E-state index is 14.9. The van der Waals surface area contributed by atoms with Crippen LogP contribution in [0.15, 0.2) is 47.0 Å². The number of aryl methyl sites for hydroxylation is 2. The van der Waals surface area contributed by atoms with Gasteiger partial charge < -0.3 is 14.3 Å². The summed E-state index contributed by atoms with van der Waals surface area (Å²) < 4.78 is 5.79. The van der Waals surface area contributed by atoms with Crippen LogP contribution in [0.3, 0.4) is 0 Å². The zero-order chi connectivity index (χ0) is 26.7. The number of para-hydroxylation sites is 1. The van der Waals surface area contributed by atoms with E-state index < -0.39 is 21.8 Å². The number of fused-ring (bicyclic) bond motifs is 7. The number of hydrogen-bond acceptors (Lipinski definition) is 8. The SMILES string of the molecule is Cc1ccc2c(c1)[C@]1(C(=O)N2C)N2CSCC2[C@@H](c2onc(C)c2[N+](=O)[O-])[C@]12C(=O)N(C)c1ccccc12. The second-order valence-corrected chi connectivity index (χ2v) is 11.5. The van der Waals surface area contributed by atoms with E-state index in [1.165, 1.54) is 6.92 Å². The Morgan fingerprint density at radius 1 is 1.05 bits per heavy atom. The van der Waals surface area contributed by atoms with Gasteiger partial charge in [0.15, 0.2) is 5.69 Å². The molecule has 2 saturated heterocycles. The van der Waals surface area contributed by atoms with Gasteiger partial charge in [-0.05, 0) is 31.5 Å². The van der Waals surface area contributed by atoms with Gasteiger partial charge in [0.25, 0.3) is 5.91 Å². The lowest BCUT2D eigenvalue weighted by Gasteiger charge is -2.44. The summed E-state index contributed by atoms with van der Waals surface area (Å²) in [6.07, 6.45) is 0. The highest BCUT2D eigenvalue weighted by Crippen LogP contribution is 2.71. The van der Waals surface area contributed by atoms with Gasteiger partial charge in [0.2, 0.25) is 11.7 Å². The highest BCUT2D eigenvalue weighted by atomic mass is 32.2. The molecule has 4 atom stereocenters. The first-order chi connectivity index (χ1) is 18.2. The monoisotopic (exact) mass is 531 g/mol. The number of aromatic nitrogens is 1. The number of anilines is 2. The highest BCUT2D eigenvalue weighted by molar-refractivity contribution is 7.99. The summed E-state index contributed by atoms with van der Waals surface area (Å²) in [5.74, 6) is -0.176. The lowest BCUT2D eigenvalue weighted by molar-refractivity contribution is -0.386. The summed E-state index contributed by atoms with van der Waals surface area (Å²) in [6.45, 7) is 3.50. The summed E-state index contributed by atoms with van der Waals surface area (Å²) >= 11 is 1.65. The van der Waals surface area contributed by atoms with Crippen molar-refractivity contribution in [2.45, 2.75) is 36.8 Å². The summed E-state index contributed by atoms with van der Waals surface area (Å²) in [7, 11) is 3.44. The number of carbonyl (C=O) groups excluding carboxylic acids is 2. The molecule has 2 amide bonds. The molecule has 5 heterocycles. The van der Waals surface area contributed by atoms with Gasteiger partial charge in [0.1, 0.15) is 11.0 Å². The fourth-order valence-electron chi connectivity index (χ4n) is 7.60. The fraction of sp³-hybridized carbons (Fsp3) is 0.370. The topological polar surface area (TPSA) is 113 Å². The minimum Gasteiger partial charge on any atom is -0.353 e. The van der Waals surface area contributed by atoms with E-state index >= 15 is 0 Å². The summed E-state index contributed by atoms with van der Waals surface area (Å²) in [6, 6.07) is 13.0. The van der Waals surface area contributed by atoms with Crippen molar-refractivity contribution in [3.05, 3.63) is 80.7 Å². The van der Waals surface area contributed by atoms with Crippen LogP contribution in [-0.4, -0.2) is 58.6 Å². The zero-order valence-corrected chi connectivity index (χ0v) is 22.1. The van der Waals surface area contributed by atoms with Gasteiger partial charge in [-0.2, -0.15) is 0 Å². The third-order valence-electron chi connectivity index (χ3n) is 8.94. The minimum absolute atomic E-state index is 0.0527. The summed E-state index contributed by atoms with van der Waals surface area (Å²) in [5, 5.41) is 16.3. The predicted octanol–water partition coefficient (Wildman–Crippen LogP) is 3.46. The molecule has 3 aromatic rings. The van der Waals surface area contributed by atoms with Crippen molar-refractivity contribution in [1.29, 1.82) is 0 Å². The Labute approximate surface area is 222 Å². The van der Waals surface area contributed by atoms with E-state index in [4.69, 9.17) is 4.52 Å². The maximum atomic E-state index is 14.9. The molecule has 0 N–H and O–H groups in total. The largest absolute Gasteiger partial charge is 0.353 e. The normalized spacial score (nSPS) is 29.6. The number of hydrogen-bond donors (Lipinski definition) is 0. The molecule has 1 unspecified atom stereocenters. The van der Waals surface area contributed by atoms with E-state index in [9.17, 15) is 19.7 Å². The van der Waals surface area contributed by atoms with Crippen molar-refractivity contribution >= 4 is 40.6 Å². The molecule has 38 heavy (non-hydrogen) atoms. The molecule has 4 aliphatic rings. The van der Waals surface area contributed by atoms with E-state index in [1.54, 1.807) is 35.7 Å². The van der Waals surface area contributed by atoms with Crippen LogP contribution in [-0.2, 0) is 20.5 Å². The smallest absolute Gasteiger partial charge is 0.334 e. The third-order valence-corrected chi connectivity index (χ3v) is 9.98. The Kier molecular flexibility index (Phi) is 4.59. The van der Waals surface area contributed by atoms with E-state index in [1.807, 2.05) is 49.4 Å². The second-order valence-electron chi connectivity index (χ2n) is 10.5. The van der Waals surface area contributed by atoms with E-state index in [0.29, 0.717) is 22.9 Å². The van der Waals surface area contributed by atoms with Crippen LogP contribution in [0, 0.1) is 24.0 Å². The van der Waals surface area contributed by atoms with Crippen molar-refractivity contribution in [1.82, 2.24) is 10.1 Å². The molecule has 0 radical (unpaired) electrons. The molecular formula is C27H25N5O5S. The molecule has 0 aliphatic carbocycles. The molecule has 1 aromatic heterocycles. The fourth-order valence-corrected chi connectivity index (χ4v) is 8.90. The van der Waals surface area contributed by atoms with Crippen LogP contribution >= 0.6 is 11.8 Å². The molecule has 7 rings (SSSR count). The van der Waals surface area contributed by atoms with Crippen LogP contribution in [0.2, 0.25) is 0 Å². The van der Waals surface area contributed by atoms with Crippen molar-refractivity contribution in [3.8, 4) is 0 Å². The van der Waals surface area contributed by atoms with Gasteiger partial charge in [0.05, 0.1) is 10.8 Å². The van der Waals surface area contributed by atoms with E-state index in [0.717, 1.165) is 16.8 Å². The molecule has 2 aromatic carbocycles. The number of benzene rings is 2. The van der Waals surface area contributed by atoms with E-state index in [-0.39, 0.29) is 35.0 Å². The Morgan fingerprint density at radius 2 is 1.76 bits per heavy atom. The van der Waals surface area contributed by atoms with Crippen LogP contribution in [0.25, 0.3) is 0 Å². The highest BCUT2D eigenvalue weighted by Gasteiger charge is 2.82. The molecular weight excluding hydrogens is 506 g/mol. The maximum Gasteiger partial charge on any atom is 0.334 e. The first-order valence-corrected chi connectivity index (χ1v) is 13.6. The Bertz CT molecular complexity index is 1590. The van der Waals surface area contributed by atoms with Crippen molar-refractivity contribution in [2.75, 3.05) is 35.5 Å². The average molecular weight is 532 g/mol.